The summed E-state index contributed by atoms with van der Waals surface area (Å²) in [6.07, 6.45) is 1.71. The van der Waals surface area contributed by atoms with Crippen molar-refractivity contribution in [2.45, 2.75) is 13.5 Å². The molecule has 2 rings (SSSR count). The van der Waals surface area contributed by atoms with E-state index in [0.717, 1.165) is 17.9 Å². The van der Waals surface area contributed by atoms with E-state index in [4.69, 9.17) is 16.3 Å². The molecule has 0 unspecified atom stereocenters. The molecule has 0 saturated carbocycles. The summed E-state index contributed by atoms with van der Waals surface area (Å²) in [6, 6.07) is 7.83. The molecule has 5 heteroatoms. The highest BCUT2D eigenvalue weighted by Crippen LogP contribution is 2.25. The van der Waals surface area contributed by atoms with Crippen LogP contribution in [0, 0.1) is 5.82 Å². The Morgan fingerprint density at radius 1 is 1.32 bits per heavy atom. The van der Waals surface area contributed by atoms with Gasteiger partial charge in [-0.25, -0.2) is 9.37 Å². The summed E-state index contributed by atoms with van der Waals surface area (Å²) in [4.78, 5) is 4.17. The zero-order chi connectivity index (χ0) is 13.7. The summed E-state index contributed by atoms with van der Waals surface area (Å²) >= 11 is 5.89. The summed E-state index contributed by atoms with van der Waals surface area (Å²) in [7, 11) is 0. The van der Waals surface area contributed by atoms with E-state index in [0.29, 0.717) is 12.4 Å². The van der Waals surface area contributed by atoms with Gasteiger partial charge in [0.05, 0.1) is 5.02 Å². The van der Waals surface area contributed by atoms with E-state index in [1.54, 1.807) is 6.20 Å². The average Bonchev–Trinajstić information content (AvgIpc) is 2.38. The average molecular weight is 281 g/mol. The highest BCUT2D eigenvalue weighted by Gasteiger charge is 2.04. The molecule has 0 aliphatic rings. The molecule has 0 saturated heterocycles. The van der Waals surface area contributed by atoms with Crippen molar-refractivity contribution in [3.05, 3.63) is 52.9 Å². The molecule has 1 aromatic carbocycles. The van der Waals surface area contributed by atoms with E-state index in [-0.39, 0.29) is 10.8 Å². The molecule has 1 heterocycles. The van der Waals surface area contributed by atoms with Crippen molar-refractivity contribution in [3.8, 4) is 5.75 Å². The summed E-state index contributed by atoms with van der Waals surface area (Å²) < 4.78 is 18.4. The Bertz CT molecular complexity index is 563. The maximum Gasteiger partial charge on any atom is 0.138 e. The maximum atomic E-state index is 12.9. The third-order valence-corrected chi connectivity index (χ3v) is 2.77. The van der Waals surface area contributed by atoms with Gasteiger partial charge >= 0.3 is 0 Å². The number of pyridine rings is 1. The molecular formula is C14H14ClFN2O. The molecule has 0 aliphatic carbocycles. The Labute approximate surface area is 116 Å². The van der Waals surface area contributed by atoms with E-state index in [2.05, 4.69) is 10.3 Å². The first-order valence-corrected chi connectivity index (χ1v) is 6.33. The van der Waals surface area contributed by atoms with Crippen molar-refractivity contribution in [1.82, 2.24) is 4.98 Å². The Balaban J connectivity index is 2.03. The molecule has 1 aromatic heterocycles. The molecular weight excluding hydrogens is 267 g/mol. The summed E-state index contributed by atoms with van der Waals surface area (Å²) in [5.41, 5.74) is 0.964. The van der Waals surface area contributed by atoms with Gasteiger partial charge in [-0.3, -0.25) is 0 Å². The first kappa shape index (κ1) is 13.6. The summed E-state index contributed by atoms with van der Waals surface area (Å²) in [5, 5.41) is 3.39. The SMILES string of the molecule is CCNc1cc(COc2ccc(F)cc2Cl)ccn1. The Kier molecular flexibility index (Phi) is 4.58. The lowest BCUT2D eigenvalue weighted by Gasteiger charge is -2.09. The van der Waals surface area contributed by atoms with Crippen molar-refractivity contribution in [2.75, 3.05) is 11.9 Å². The van der Waals surface area contributed by atoms with Crippen LogP contribution in [0.25, 0.3) is 0 Å². The number of ether oxygens (including phenoxy) is 1. The monoisotopic (exact) mass is 280 g/mol. The molecule has 0 amide bonds. The Morgan fingerprint density at radius 3 is 2.89 bits per heavy atom. The van der Waals surface area contributed by atoms with Crippen LogP contribution in [0.5, 0.6) is 5.75 Å². The zero-order valence-corrected chi connectivity index (χ0v) is 11.2. The highest BCUT2D eigenvalue weighted by atomic mass is 35.5. The second-order valence-corrected chi connectivity index (χ2v) is 4.35. The first-order valence-electron chi connectivity index (χ1n) is 5.95. The first-order chi connectivity index (χ1) is 9.19. The largest absolute Gasteiger partial charge is 0.487 e. The molecule has 0 atom stereocenters. The third kappa shape index (κ3) is 3.83. The van der Waals surface area contributed by atoms with Crippen LogP contribution in [0.3, 0.4) is 0 Å². The number of halogens is 2. The van der Waals surface area contributed by atoms with Crippen LogP contribution in [0.1, 0.15) is 12.5 Å². The fourth-order valence-corrected chi connectivity index (χ4v) is 1.82. The van der Waals surface area contributed by atoms with Gasteiger partial charge in [0.1, 0.15) is 24.0 Å². The topological polar surface area (TPSA) is 34.1 Å². The van der Waals surface area contributed by atoms with Crippen LogP contribution in [0.4, 0.5) is 10.2 Å². The second kappa shape index (κ2) is 6.38. The molecule has 1 N–H and O–H groups in total. The van der Waals surface area contributed by atoms with Crippen molar-refractivity contribution >= 4 is 17.4 Å². The molecule has 100 valence electrons. The number of rotatable bonds is 5. The zero-order valence-electron chi connectivity index (χ0n) is 10.5. The van der Waals surface area contributed by atoms with Crippen LogP contribution in [0.15, 0.2) is 36.5 Å². The molecule has 3 nitrogen and oxygen atoms in total. The van der Waals surface area contributed by atoms with E-state index in [1.165, 1.54) is 18.2 Å². The van der Waals surface area contributed by atoms with Crippen LogP contribution in [-0.4, -0.2) is 11.5 Å². The van der Waals surface area contributed by atoms with Crippen LogP contribution in [-0.2, 0) is 6.61 Å². The number of nitrogens with zero attached hydrogens (tertiary/aromatic N) is 1. The van der Waals surface area contributed by atoms with Gasteiger partial charge in [0, 0.05) is 12.7 Å². The fourth-order valence-electron chi connectivity index (χ4n) is 1.60. The lowest BCUT2D eigenvalue weighted by Crippen LogP contribution is -2.01. The molecule has 0 radical (unpaired) electrons. The van der Waals surface area contributed by atoms with Gasteiger partial charge in [-0.15, -0.1) is 0 Å². The lowest BCUT2D eigenvalue weighted by atomic mass is 10.2. The highest BCUT2D eigenvalue weighted by molar-refractivity contribution is 6.32. The predicted molar refractivity (Wildman–Crippen MR) is 74.1 cm³/mol. The molecule has 0 fully saturated rings. The molecule has 0 bridgehead atoms. The molecule has 2 aromatic rings. The van der Waals surface area contributed by atoms with Crippen molar-refractivity contribution in [2.24, 2.45) is 0 Å². The number of aromatic nitrogens is 1. The maximum absolute atomic E-state index is 12.9. The predicted octanol–water partition coefficient (Wildman–Crippen LogP) is 3.88. The van der Waals surface area contributed by atoms with Gasteiger partial charge in [-0.2, -0.15) is 0 Å². The van der Waals surface area contributed by atoms with E-state index in [1.807, 2.05) is 19.1 Å². The minimum absolute atomic E-state index is 0.265. The molecule has 0 spiro atoms. The van der Waals surface area contributed by atoms with Gasteiger partial charge in [-0.05, 0) is 42.8 Å². The standard InChI is InChI=1S/C14H14ClFN2O/c1-2-17-14-7-10(5-6-18-14)9-19-13-4-3-11(16)8-12(13)15/h3-8H,2,9H2,1H3,(H,17,18). The number of benzene rings is 1. The molecule has 19 heavy (non-hydrogen) atoms. The third-order valence-electron chi connectivity index (χ3n) is 2.47. The van der Waals surface area contributed by atoms with Crippen molar-refractivity contribution in [3.63, 3.8) is 0 Å². The van der Waals surface area contributed by atoms with Gasteiger partial charge in [0.25, 0.3) is 0 Å². The quantitative estimate of drug-likeness (QED) is 0.902. The smallest absolute Gasteiger partial charge is 0.138 e. The van der Waals surface area contributed by atoms with Gasteiger partial charge in [-0.1, -0.05) is 11.6 Å². The minimum atomic E-state index is -0.379. The Morgan fingerprint density at radius 2 is 2.16 bits per heavy atom. The number of anilines is 1. The Hall–Kier alpha value is -1.81. The van der Waals surface area contributed by atoms with Crippen LogP contribution >= 0.6 is 11.6 Å². The van der Waals surface area contributed by atoms with Crippen LogP contribution in [0.2, 0.25) is 5.02 Å². The fraction of sp³-hybridized carbons (Fsp3) is 0.214. The van der Waals surface area contributed by atoms with Crippen molar-refractivity contribution < 1.29 is 9.13 Å². The van der Waals surface area contributed by atoms with Gasteiger partial charge < -0.3 is 10.1 Å². The molecule has 0 aliphatic heterocycles. The second-order valence-electron chi connectivity index (χ2n) is 3.94. The summed E-state index contributed by atoms with van der Waals surface area (Å²) in [5.74, 6) is 0.884. The lowest BCUT2D eigenvalue weighted by molar-refractivity contribution is 0.306. The van der Waals surface area contributed by atoms with E-state index < -0.39 is 0 Å². The van der Waals surface area contributed by atoms with Crippen LogP contribution < -0.4 is 10.1 Å². The number of hydrogen-bond donors (Lipinski definition) is 1. The minimum Gasteiger partial charge on any atom is -0.487 e. The van der Waals surface area contributed by atoms with E-state index in [9.17, 15) is 4.39 Å². The summed E-state index contributed by atoms with van der Waals surface area (Å²) in [6.45, 7) is 3.16. The van der Waals surface area contributed by atoms with E-state index >= 15 is 0 Å². The van der Waals surface area contributed by atoms with Gasteiger partial charge in [0.15, 0.2) is 0 Å². The number of hydrogen-bond acceptors (Lipinski definition) is 3. The van der Waals surface area contributed by atoms with Crippen molar-refractivity contribution in [1.29, 1.82) is 0 Å². The normalized spacial score (nSPS) is 10.3. The van der Waals surface area contributed by atoms with Gasteiger partial charge in [0.2, 0.25) is 0 Å². The number of nitrogens with one attached hydrogen (secondary N) is 1.